The molecule has 0 aliphatic heterocycles. The summed E-state index contributed by atoms with van der Waals surface area (Å²) in [6.45, 7) is 6.58. The molecule has 2 aromatic heterocycles. The van der Waals surface area contributed by atoms with Crippen LogP contribution in [0.2, 0.25) is 0 Å². The summed E-state index contributed by atoms with van der Waals surface area (Å²) < 4.78 is 27.4. The average Bonchev–Trinajstić information content (AvgIpc) is 3.16. The zero-order chi connectivity index (χ0) is 22.4. The van der Waals surface area contributed by atoms with Crippen LogP contribution in [0.1, 0.15) is 35.2 Å². The van der Waals surface area contributed by atoms with Crippen molar-refractivity contribution in [3.63, 3.8) is 0 Å². The van der Waals surface area contributed by atoms with Crippen molar-refractivity contribution in [2.75, 3.05) is 17.2 Å². The molecule has 0 radical (unpaired) electrons. The Labute approximate surface area is 187 Å². The predicted octanol–water partition coefficient (Wildman–Crippen LogP) is 4.84. The van der Waals surface area contributed by atoms with Gasteiger partial charge in [0.25, 0.3) is 0 Å². The van der Waals surface area contributed by atoms with Gasteiger partial charge in [0.2, 0.25) is 0 Å². The number of urea groups is 1. The molecule has 1 aromatic carbocycles. The maximum Gasteiger partial charge on any atom is 0.325 e. The van der Waals surface area contributed by atoms with Crippen molar-refractivity contribution in [2.45, 2.75) is 26.0 Å². The molecule has 2 atom stereocenters. The van der Waals surface area contributed by atoms with Crippen LogP contribution in [0.25, 0.3) is 0 Å². The largest absolute Gasteiger partial charge is 0.491 e. The van der Waals surface area contributed by atoms with E-state index in [0.29, 0.717) is 39.7 Å². The van der Waals surface area contributed by atoms with Crippen LogP contribution >= 0.6 is 11.3 Å². The van der Waals surface area contributed by atoms with Gasteiger partial charge in [0.15, 0.2) is 16.2 Å². The molecular formula is C21H24N4O4S2. The molecule has 0 saturated carbocycles. The predicted molar refractivity (Wildman–Crippen MR) is 123 cm³/mol. The van der Waals surface area contributed by atoms with Gasteiger partial charge in [0, 0.05) is 12.4 Å². The van der Waals surface area contributed by atoms with Crippen LogP contribution < -0.4 is 15.4 Å². The molecule has 0 saturated heterocycles. The molecule has 164 valence electrons. The fourth-order valence-electron chi connectivity index (χ4n) is 2.70. The molecule has 0 aliphatic rings. The summed E-state index contributed by atoms with van der Waals surface area (Å²) in [4.78, 5) is 21.4. The molecule has 2 heterocycles. The molecule has 3 aromatic rings. The lowest BCUT2D eigenvalue weighted by Crippen LogP contribution is -2.20. The van der Waals surface area contributed by atoms with Gasteiger partial charge in [-0.15, -0.1) is 0 Å². The van der Waals surface area contributed by atoms with Crippen molar-refractivity contribution in [1.82, 2.24) is 9.97 Å². The highest BCUT2D eigenvalue weighted by Crippen LogP contribution is 2.32. The molecule has 2 amide bonds. The molecule has 2 unspecified atom stereocenters. The van der Waals surface area contributed by atoms with E-state index in [4.69, 9.17) is 4.74 Å². The van der Waals surface area contributed by atoms with Gasteiger partial charge in [-0.2, -0.15) is 0 Å². The van der Waals surface area contributed by atoms with Crippen LogP contribution in [0.5, 0.6) is 5.75 Å². The number of pyridine rings is 1. The Morgan fingerprint density at radius 2 is 2.03 bits per heavy atom. The van der Waals surface area contributed by atoms with Crippen molar-refractivity contribution >= 4 is 39.3 Å². The minimum absolute atomic E-state index is 0.302. The van der Waals surface area contributed by atoms with Crippen LogP contribution in [0.3, 0.4) is 0 Å². The Balaban J connectivity index is 1.71. The minimum atomic E-state index is -2.18. The van der Waals surface area contributed by atoms with E-state index in [0.717, 1.165) is 16.9 Å². The summed E-state index contributed by atoms with van der Waals surface area (Å²) in [5.74, 6) is 0.939. The molecule has 3 N–H and O–H groups in total. The molecular weight excluding hydrogens is 436 g/mol. The van der Waals surface area contributed by atoms with Gasteiger partial charge in [-0.1, -0.05) is 37.3 Å². The third-order valence-corrected chi connectivity index (χ3v) is 6.14. The van der Waals surface area contributed by atoms with E-state index >= 15 is 0 Å². The first kappa shape index (κ1) is 22.9. The third-order valence-electron chi connectivity index (χ3n) is 4.12. The van der Waals surface area contributed by atoms with Crippen LogP contribution in [0.4, 0.5) is 15.6 Å². The number of carbonyl (C=O) groups is 1. The molecule has 0 aliphatic carbocycles. The van der Waals surface area contributed by atoms with Crippen LogP contribution in [0.15, 0.2) is 48.8 Å². The van der Waals surface area contributed by atoms with Gasteiger partial charge < -0.3 is 14.6 Å². The molecule has 3 rings (SSSR count). The highest BCUT2D eigenvalue weighted by atomic mass is 32.2. The van der Waals surface area contributed by atoms with E-state index in [1.54, 1.807) is 30.5 Å². The molecule has 31 heavy (non-hydrogen) atoms. The van der Waals surface area contributed by atoms with Crippen molar-refractivity contribution in [3.8, 4) is 5.75 Å². The monoisotopic (exact) mass is 460 g/mol. The molecule has 10 heteroatoms. The molecule has 0 fully saturated rings. The van der Waals surface area contributed by atoms with Crippen molar-refractivity contribution in [3.05, 3.63) is 64.9 Å². The second-order valence-electron chi connectivity index (χ2n) is 7.26. The number of amides is 2. The van der Waals surface area contributed by atoms with E-state index in [1.807, 2.05) is 32.9 Å². The Morgan fingerprint density at radius 3 is 2.71 bits per heavy atom. The number of benzene rings is 1. The van der Waals surface area contributed by atoms with Gasteiger partial charge in [-0.05, 0) is 42.7 Å². The maximum atomic E-state index is 12.5. The van der Waals surface area contributed by atoms with E-state index in [-0.39, 0.29) is 0 Å². The summed E-state index contributed by atoms with van der Waals surface area (Å²) in [7, 11) is 0. The van der Waals surface area contributed by atoms with Crippen LogP contribution in [0, 0.1) is 12.8 Å². The summed E-state index contributed by atoms with van der Waals surface area (Å²) >= 11 is -1.07. The first-order valence-corrected chi connectivity index (χ1v) is 11.6. The number of hydrogen-bond acceptors (Lipinski definition) is 6. The third kappa shape index (κ3) is 6.33. The van der Waals surface area contributed by atoms with E-state index in [9.17, 15) is 13.6 Å². The van der Waals surface area contributed by atoms with Gasteiger partial charge in [0.05, 0.1) is 22.9 Å². The number of ether oxygens (including phenoxy) is 1. The van der Waals surface area contributed by atoms with Gasteiger partial charge in [-0.25, -0.2) is 14.0 Å². The Kier molecular flexibility index (Phi) is 7.72. The first-order valence-electron chi connectivity index (χ1n) is 9.61. The van der Waals surface area contributed by atoms with E-state index in [1.165, 1.54) is 6.20 Å². The summed E-state index contributed by atoms with van der Waals surface area (Å²) in [6, 6.07) is 10.2. The van der Waals surface area contributed by atoms with Gasteiger partial charge in [-0.3, -0.25) is 10.3 Å². The number of aryl methyl sites for hydroxylation is 1. The lowest BCUT2D eigenvalue weighted by Gasteiger charge is -2.14. The zero-order valence-corrected chi connectivity index (χ0v) is 19.0. The fourth-order valence-corrected chi connectivity index (χ4v) is 4.51. The van der Waals surface area contributed by atoms with Crippen molar-refractivity contribution in [2.24, 2.45) is 5.92 Å². The van der Waals surface area contributed by atoms with Crippen molar-refractivity contribution < 1.29 is 18.3 Å². The Hall–Kier alpha value is -2.82. The maximum absolute atomic E-state index is 12.5. The number of thiazole rings is 1. The van der Waals surface area contributed by atoms with Gasteiger partial charge >= 0.3 is 6.03 Å². The Bertz CT molecular complexity index is 1060. The highest BCUT2D eigenvalue weighted by Gasteiger charge is 2.24. The number of hydrogen-bond donors (Lipinski definition) is 3. The standard InChI is InChI=1S/C21H24N4O4S2/c1-13(2)12-29-17-10-14(3)7-8-15(17)24-20(26)25-21-23-11-18(30-21)19(31(27)28)16-6-4-5-9-22-16/h4-11,13,19H,12H2,1-3H3,(H,27,28)(H2,23,24,25,26). The molecule has 0 spiro atoms. The van der Waals surface area contributed by atoms with E-state index in [2.05, 4.69) is 20.6 Å². The fraction of sp³-hybridized carbons (Fsp3) is 0.286. The van der Waals surface area contributed by atoms with Crippen LogP contribution in [-0.2, 0) is 11.1 Å². The summed E-state index contributed by atoms with van der Waals surface area (Å²) in [5, 5.41) is 4.90. The highest BCUT2D eigenvalue weighted by molar-refractivity contribution is 7.79. The number of rotatable bonds is 8. The van der Waals surface area contributed by atoms with E-state index < -0.39 is 22.4 Å². The Morgan fingerprint density at radius 1 is 1.23 bits per heavy atom. The summed E-state index contributed by atoms with van der Waals surface area (Å²) in [6.07, 6.45) is 3.03. The minimum Gasteiger partial charge on any atom is -0.491 e. The number of anilines is 2. The smallest absolute Gasteiger partial charge is 0.325 e. The second kappa shape index (κ2) is 10.5. The second-order valence-corrected chi connectivity index (χ2v) is 9.35. The number of nitrogens with zero attached hydrogens (tertiary/aromatic N) is 2. The number of carbonyl (C=O) groups excluding carboxylic acids is 1. The number of aromatic nitrogens is 2. The van der Waals surface area contributed by atoms with Crippen LogP contribution in [-0.4, -0.2) is 31.4 Å². The normalized spacial score (nSPS) is 12.9. The quantitative estimate of drug-likeness (QED) is 0.415. The number of nitrogens with one attached hydrogen (secondary N) is 2. The topological polar surface area (TPSA) is 113 Å². The lowest BCUT2D eigenvalue weighted by molar-refractivity contribution is 0.260. The van der Waals surface area contributed by atoms with Crippen molar-refractivity contribution in [1.29, 1.82) is 0 Å². The van der Waals surface area contributed by atoms with Gasteiger partial charge in [0.1, 0.15) is 11.0 Å². The SMILES string of the molecule is Cc1ccc(NC(=O)Nc2ncc(C(c3ccccn3)S(=O)O)s2)c(OCC(C)C)c1. The lowest BCUT2D eigenvalue weighted by atomic mass is 10.2. The zero-order valence-electron chi connectivity index (χ0n) is 17.4. The average molecular weight is 461 g/mol. The molecule has 0 bridgehead atoms. The molecule has 8 nitrogen and oxygen atoms in total. The first-order chi connectivity index (χ1) is 14.8. The summed E-state index contributed by atoms with van der Waals surface area (Å²) in [5.41, 5.74) is 2.02.